The number of rotatable bonds is 9. The number of ether oxygens (including phenoxy) is 1. The molecule has 1 aromatic heterocycles. The molecule has 0 unspecified atom stereocenters. The number of benzene rings is 4. The van der Waals surface area contributed by atoms with E-state index in [0.717, 1.165) is 27.0 Å². The maximum Gasteiger partial charge on any atom is 0.250 e. The van der Waals surface area contributed by atoms with Gasteiger partial charge in [-0.15, -0.1) is 10.2 Å². The summed E-state index contributed by atoms with van der Waals surface area (Å²) in [6, 6.07) is 34.7. The van der Waals surface area contributed by atoms with Gasteiger partial charge in [-0.1, -0.05) is 88.4 Å². The van der Waals surface area contributed by atoms with Crippen LogP contribution in [-0.4, -0.2) is 32.6 Å². The fraction of sp³-hybridized carbons (Fsp3) is 0.0345. The molecule has 0 radical (unpaired) electrons. The van der Waals surface area contributed by atoms with Crippen molar-refractivity contribution in [3.63, 3.8) is 0 Å². The number of hydrogen-bond acceptors (Lipinski definition) is 6. The Labute approximate surface area is 232 Å². The highest BCUT2D eigenvalue weighted by atomic mass is 79.9. The van der Waals surface area contributed by atoms with Gasteiger partial charge >= 0.3 is 0 Å². The molecule has 4 aromatic carbocycles. The van der Waals surface area contributed by atoms with E-state index in [1.54, 1.807) is 6.21 Å². The minimum absolute atomic E-state index is 0.123. The molecule has 7 nitrogen and oxygen atoms in total. The smallest absolute Gasteiger partial charge is 0.250 e. The van der Waals surface area contributed by atoms with E-state index in [1.165, 1.54) is 11.8 Å². The number of hydrogen-bond donors (Lipinski definition) is 1. The van der Waals surface area contributed by atoms with Crippen LogP contribution in [0.15, 0.2) is 124 Å². The summed E-state index contributed by atoms with van der Waals surface area (Å²) in [5.74, 6) is 1.99. The highest BCUT2D eigenvalue weighted by Gasteiger charge is 2.17. The lowest BCUT2D eigenvalue weighted by Crippen LogP contribution is -2.20. The first-order valence-electron chi connectivity index (χ1n) is 11.7. The Bertz CT molecular complexity index is 1560. The van der Waals surface area contributed by atoms with Crippen molar-refractivity contribution in [1.29, 1.82) is 0 Å². The largest absolute Gasteiger partial charge is 0.457 e. The monoisotopic (exact) mass is 583 g/mol. The van der Waals surface area contributed by atoms with E-state index in [9.17, 15) is 4.79 Å². The normalized spacial score (nSPS) is 11.0. The summed E-state index contributed by atoms with van der Waals surface area (Å²) in [6.45, 7) is 0. The average molecular weight is 584 g/mol. The van der Waals surface area contributed by atoms with Crippen LogP contribution in [0.5, 0.6) is 11.5 Å². The number of aromatic nitrogens is 3. The first-order valence-corrected chi connectivity index (χ1v) is 13.5. The molecule has 188 valence electrons. The van der Waals surface area contributed by atoms with Gasteiger partial charge in [-0.3, -0.25) is 9.36 Å². The number of amides is 1. The lowest BCUT2D eigenvalue weighted by molar-refractivity contribution is -0.118. The van der Waals surface area contributed by atoms with Gasteiger partial charge < -0.3 is 4.74 Å². The van der Waals surface area contributed by atoms with Crippen molar-refractivity contribution in [3.05, 3.63) is 119 Å². The lowest BCUT2D eigenvalue weighted by Gasteiger charge is -2.10. The summed E-state index contributed by atoms with van der Waals surface area (Å²) in [7, 11) is 0. The van der Waals surface area contributed by atoms with E-state index in [2.05, 4.69) is 36.7 Å². The quantitative estimate of drug-likeness (QED) is 0.118. The number of carbonyl (C=O) groups excluding carboxylic acids is 1. The number of nitrogens with one attached hydrogen (secondary N) is 1. The van der Waals surface area contributed by atoms with Crippen molar-refractivity contribution in [3.8, 4) is 28.6 Å². The third-order valence-corrected chi connectivity index (χ3v) is 6.73. The number of carbonyl (C=O) groups is 1. The van der Waals surface area contributed by atoms with Gasteiger partial charge in [0.05, 0.1) is 12.0 Å². The molecule has 5 rings (SSSR count). The summed E-state index contributed by atoms with van der Waals surface area (Å²) in [5.41, 5.74) is 5.20. The molecule has 1 heterocycles. The Morgan fingerprint density at radius 3 is 2.42 bits per heavy atom. The van der Waals surface area contributed by atoms with Crippen molar-refractivity contribution in [2.75, 3.05) is 5.75 Å². The third kappa shape index (κ3) is 6.56. The second-order valence-electron chi connectivity index (χ2n) is 8.06. The summed E-state index contributed by atoms with van der Waals surface area (Å²) in [5, 5.41) is 13.5. The Morgan fingerprint density at radius 2 is 1.63 bits per heavy atom. The van der Waals surface area contributed by atoms with Gasteiger partial charge in [-0.2, -0.15) is 5.10 Å². The van der Waals surface area contributed by atoms with Crippen molar-refractivity contribution in [2.24, 2.45) is 5.10 Å². The number of nitrogens with zero attached hydrogens (tertiary/aromatic N) is 4. The van der Waals surface area contributed by atoms with Gasteiger partial charge in [0.2, 0.25) is 0 Å². The standard InChI is InChI=1S/C29H22BrN5O2S/c30-23-11-8-10-22(18-23)28-33-34-29(35(28)24-12-3-1-4-13-24)38-20-27(36)32-31-19-21-9-7-16-26(17-21)37-25-14-5-2-6-15-25/h1-19H,20H2,(H,32,36)/b31-19+. The number of thioether (sulfide) groups is 1. The van der Waals surface area contributed by atoms with E-state index in [4.69, 9.17) is 4.74 Å². The first-order chi connectivity index (χ1) is 18.7. The zero-order valence-corrected chi connectivity index (χ0v) is 22.5. The highest BCUT2D eigenvalue weighted by Crippen LogP contribution is 2.29. The molecule has 1 amide bonds. The van der Waals surface area contributed by atoms with Gasteiger partial charge in [0.15, 0.2) is 11.0 Å². The maximum absolute atomic E-state index is 12.5. The maximum atomic E-state index is 12.5. The van der Waals surface area contributed by atoms with Gasteiger partial charge in [-0.25, -0.2) is 5.43 Å². The second kappa shape index (κ2) is 12.4. The van der Waals surface area contributed by atoms with Crippen LogP contribution in [-0.2, 0) is 4.79 Å². The van der Waals surface area contributed by atoms with Crippen LogP contribution in [0.4, 0.5) is 0 Å². The van der Waals surface area contributed by atoms with Crippen LogP contribution in [0, 0.1) is 0 Å². The van der Waals surface area contributed by atoms with Crippen LogP contribution >= 0.6 is 27.7 Å². The molecule has 0 atom stereocenters. The third-order valence-electron chi connectivity index (χ3n) is 5.30. The fourth-order valence-electron chi connectivity index (χ4n) is 3.61. The van der Waals surface area contributed by atoms with Crippen molar-refractivity contribution in [2.45, 2.75) is 5.16 Å². The van der Waals surface area contributed by atoms with E-state index in [-0.39, 0.29) is 11.7 Å². The Hall–Kier alpha value is -4.21. The number of halogens is 1. The molecule has 0 fully saturated rings. The minimum atomic E-state index is -0.255. The number of hydrazone groups is 1. The molecule has 0 saturated carbocycles. The molecule has 0 saturated heterocycles. The van der Waals surface area contributed by atoms with Gasteiger partial charge in [0.25, 0.3) is 5.91 Å². The molecular weight excluding hydrogens is 562 g/mol. The predicted octanol–water partition coefficient (Wildman–Crippen LogP) is 6.73. The SMILES string of the molecule is O=C(CSc1nnc(-c2cccc(Br)c2)n1-c1ccccc1)N/N=C/c1cccc(Oc2ccccc2)c1. The fourth-order valence-corrected chi connectivity index (χ4v) is 4.76. The molecule has 0 aliphatic carbocycles. The lowest BCUT2D eigenvalue weighted by atomic mass is 10.2. The zero-order valence-electron chi connectivity index (χ0n) is 20.1. The summed E-state index contributed by atoms with van der Waals surface area (Å²) < 4.78 is 8.74. The topological polar surface area (TPSA) is 81.4 Å². The zero-order chi connectivity index (χ0) is 26.2. The molecular formula is C29H22BrN5O2S. The Balaban J connectivity index is 1.24. The molecule has 9 heteroatoms. The van der Waals surface area contributed by atoms with E-state index < -0.39 is 0 Å². The predicted molar refractivity (Wildman–Crippen MR) is 154 cm³/mol. The first kappa shape index (κ1) is 25.4. The van der Waals surface area contributed by atoms with E-state index >= 15 is 0 Å². The van der Waals surface area contributed by atoms with Crippen molar-refractivity contribution < 1.29 is 9.53 Å². The molecule has 0 spiro atoms. The van der Waals surface area contributed by atoms with Gasteiger partial charge in [-0.05, 0) is 54.1 Å². The van der Waals surface area contributed by atoms with E-state index in [0.29, 0.717) is 16.7 Å². The molecule has 0 aliphatic rings. The van der Waals surface area contributed by atoms with Crippen molar-refractivity contribution in [1.82, 2.24) is 20.2 Å². The highest BCUT2D eigenvalue weighted by molar-refractivity contribution is 9.10. The van der Waals surface area contributed by atoms with Crippen molar-refractivity contribution >= 4 is 39.8 Å². The molecule has 0 bridgehead atoms. The van der Waals surface area contributed by atoms with Crippen LogP contribution in [0.1, 0.15) is 5.56 Å². The van der Waals surface area contributed by atoms with Crippen LogP contribution < -0.4 is 10.2 Å². The number of para-hydroxylation sites is 2. The van der Waals surface area contributed by atoms with Crippen LogP contribution in [0.25, 0.3) is 17.1 Å². The van der Waals surface area contributed by atoms with Crippen LogP contribution in [0.2, 0.25) is 0 Å². The van der Waals surface area contributed by atoms with Gasteiger partial charge in [0.1, 0.15) is 11.5 Å². The molecule has 5 aromatic rings. The van der Waals surface area contributed by atoms with E-state index in [1.807, 2.05) is 114 Å². The molecule has 1 N–H and O–H groups in total. The molecule has 38 heavy (non-hydrogen) atoms. The average Bonchev–Trinajstić information content (AvgIpc) is 3.37. The second-order valence-corrected chi connectivity index (χ2v) is 9.92. The minimum Gasteiger partial charge on any atom is -0.457 e. The summed E-state index contributed by atoms with van der Waals surface area (Å²) in [4.78, 5) is 12.5. The summed E-state index contributed by atoms with van der Waals surface area (Å²) >= 11 is 4.81. The molecule has 0 aliphatic heterocycles. The summed E-state index contributed by atoms with van der Waals surface area (Å²) in [6.07, 6.45) is 1.58. The van der Waals surface area contributed by atoms with Gasteiger partial charge in [0, 0.05) is 15.7 Å². The Kier molecular flexibility index (Phi) is 8.27. The Morgan fingerprint density at radius 1 is 0.895 bits per heavy atom. The van der Waals surface area contributed by atoms with Crippen LogP contribution in [0.3, 0.4) is 0 Å².